The molecule has 5 N–H and O–H groups in total. The summed E-state index contributed by atoms with van der Waals surface area (Å²) in [7, 11) is 0. The van der Waals surface area contributed by atoms with Crippen molar-refractivity contribution in [1.29, 1.82) is 0 Å². The van der Waals surface area contributed by atoms with Crippen LogP contribution in [0.3, 0.4) is 0 Å². The van der Waals surface area contributed by atoms with Crippen molar-refractivity contribution in [2.75, 3.05) is 5.73 Å². The Morgan fingerprint density at radius 3 is 2.36 bits per heavy atom. The lowest BCUT2D eigenvalue weighted by Gasteiger charge is -2.08. The molecule has 2 heterocycles. The normalized spacial score (nSPS) is 10.7. The quantitative estimate of drug-likeness (QED) is 0.424. The number of nitrogens with zero attached hydrogens (tertiary/aromatic N) is 3. The van der Waals surface area contributed by atoms with E-state index in [1.165, 1.54) is 4.68 Å². The molecule has 4 aromatic rings. The average Bonchev–Trinajstić information content (AvgIpc) is 3.16. The minimum absolute atomic E-state index is 0.128. The first kappa shape index (κ1) is 21.8. The van der Waals surface area contributed by atoms with E-state index in [9.17, 15) is 9.59 Å². The van der Waals surface area contributed by atoms with Gasteiger partial charge in [0.2, 0.25) is 0 Å². The van der Waals surface area contributed by atoms with Crippen LogP contribution in [-0.4, -0.2) is 26.6 Å². The maximum Gasteiger partial charge on any atom is 0.254 e. The number of aromatic nitrogens is 3. The molecule has 0 saturated carbocycles. The van der Waals surface area contributed by atoms with Gasteiger partial charge in [-0.25, -0.2) is 4.98 Å². The van der Waals surface area contributed by atoms with Crippen LogP contribution in [0.25, 0.3) is 17.1 Å². The van der Waals surface area contributed by atoms with Crippen LogP contribution in [0.1, 0.15) is 37.4 Å². The second-order valence-electron chi connectivity index (χ2n) is 7.77. The molecule has 2 aromatic heterocycles. The fourth-order valence-corrected chi connectivity index (χ4v) is 3.52. The summed E-state index contributed by atoms with van der Waals surface area (Å²) < 4.78 is 1.41. The first-order chi connectivity index (χ1) is 15.8. The van der Waals surface area contributed by atoms with Gasteiger partial charge >= 0.3 is 0 Å². The van der Waals surface area contributed by atoms with Crippen LogP contribution in [0.5, 0.6) is 0 Å². The smallest absolute Gasteiger partial charge is 0.254 e. The summed E-state index contributed by atoms with van der Waals surface area (Å²) in [6.07, 6.45) is 1.69. The topological polar surface area (TPSA) is 129 Å². The van der Waals surface area contributed by atoms with Gasteiger partial charge in [-0.3, -0.25) is 9.59 Å². The van der Waals surface area contributed by atoms with Crippen LogP contribution in [0.4, 0.5) is 5.82 Å². The molecule has 0 radical (unpaired) electrons. The average molecular weight is 441 g/mol. The first-order valence-electron chi connectivity index (χ1n) is 10.4. The van der Waals surface area contributed by atoms with Gasteiger partial charge in [-0.2, -0.15) is 9.78 Å². The molecule has 166 valence electrons. The molecule has 0 aliphatic rings. The number of nitrogens with one attached hydrogen (secondary N) is 1. The van der Waals surface area contributed by atoms with E-state index in [4.69, 9.17) is 11.5 Å². The second-order valence-corrected chi connectivity index (χ2v) is 7.77. The SMILES string of the molecule is Cc1ccc(-n2nc(-c3ccc(CNC(=O)c4ccccc4C)cc3)c(C(N)=O)c2N)nc1. The third-order valence-electron chi connectivity index (χ3n) is 5.35. The molecule has 2 aromatic carbocycles. The maximum absolute atomic E-state index is 12.4. The molecule has 33 heavy (non-hydrogen) atoms. The van der Waals surface area contributed by atoms with E-state index >= 15 is 0 Å². The Morgan fingerprint density at radius 1 is 1.00 bits per heavy atom. The number of carbonyl (C=O) groups excluding carboxylic acids is 2. The van der Waals surface area contributed by atoms with E-state index < -0.39 is 5.91 Å². The lowest BCUT2D eigenvalue weighted by atomic mass is 10.0. The van der Waals surface area contributed by atoms with Gasteiger partial charge in [-0.05, 0) is 42.7 Å². The van der Waals surface area contributed by atoms with Crippen molar-refractivity contribution < 1.29 is 9.59 Å². The largest absolute Gasteiger partial charge is 0.383 e. The molecule has 0 unspecified atom stereocenters. The van der Waals surface area contributed by atoms with E-state index in [1.54, 1.807) is 18.3 Å². The Balaban J connectivity index is 1.58. The number of hydrogen-bond acceptors (Lipinski definition) is 5. The van der Waals surface area contributed by atoms with Crippen molar-refractivity contribution in [1.82, 2.24) is 20.1 Å². The van der Waals surface area contributed by atoms with Crippen molar-refractivity contribution >= 4 is 17.6 Å². The van der Waals surface area contributed by atoms with Crippen LogP contribution in [-0.2, 0) is 6.54 Å². The Bertz CT molecular complexity index is 1320. The molecule has 0 fully saturated rings. The van der Waals surface area contributed by atoms with Crippen molar-refractivity contribution in [3.8, 4) is 17.1 Å². The lowest BCUT2D eigenvalue weighted by Crippen LogP contribution is -2.23. The molecule has 0 aliphatic carbocycles. The molecule has 4 rings (SSSR count). The van der Waals surface area contributed by atoms with E-state index in [1.807, 2.05) is 62.4 Å². The summed E-state index contributed by atoms with van der Waals surface area (Å²) in [5, 5.41) is 7.44. The number of rotatable bonds is 6. The number of nitrogens with two attached hydrogens (primary N) is 2. The summed E-state index contributed by atoms with van der Waals surface area (Å²) in [4.78, 5) is 28.9. The highest BCUT2D eigenvalue weighted by atomic mass is 16.2. The van der Waals surface area contributed by atoms with E-state index in [-0.39, 0.29) is 17.3 Å². The molecular weight excluding hydrogens is 416 g/mol. The standard InChI is InChI=1S/C25H24N6O2/c1-15-7-12-20(28-13-15)31-23(26)21(24(27)32)22(30-31)18-10-8-17(9-11-18)14-29-25(33)19-6-4-3-5-16(19)2/h3-13H,14,26H2,1-2H3,(H2,27,32)(H,29,33). The summed E-state index contributed by atoms with van der Waals surface area (Å²) in [5.74, 6) is -0.188. The third kappa shape index (κ3) is 4.45. The maximum atomic E-state index is 12.4. The molecule has 0 aliphatic heterocycles. The van der Waals surface area contributed by atoms with Gasteiger partial charge in [0.05, 0.1) is 0 Å². The first-order valence-corrected chi connectivity index (χ1v) is 10.4. The zero-order valence-electron chi connectivity index (χ0n) is 18.4. The number of aryl methyl sites for hydroxylation is 2. The van der Waals surface area contributed by atoms with Crippen molar-refractivity contribution in [3.63, 3.8) is 0 Å². The minimum Gasteiger partial charge on any atom is -0.383 e. The molecule has 0 bridgehead atoms. The molecule has 8 heteroatoms. The van der Waals surface area contributed by atoms with Gasteiger partial charge in [-0.1, -0.05) is 48.5 Å². The van der Waals surface area contributed by atoms with Crippen LogP contribution in [0.15, 0.2) is 66.9 Å². The number of primary amides is 1. The summed E-state index contributed by atoms with van der Waals surface area (Å²) in [5.41, 5.74) is 16.4. The molecule has 0 spiro atoms. The molecule has 0 saturated heterocycles. The predicted molar refractivity (Wildman–Crippen MR) is 127 cm³/mol. The monoisotopic (exact) mass is 440 g/mol. The van der Waals surface area contributed by atoms with Crippen LogP contribution in [0.2, 0.25) is 0 Å². The summed E-state index contributed by atoms with van der Waals surface area (Å²) in [6, 6.07) is 18.4. The van der Waals surface area contributed by atoms with Crippen LogP contribution >= 0.6 is 0 Å². The number of amides is 2. The number of hydrogen-bond donors (Lipinski definition) is 3. The number of carbonyl (C=O) groups is 2. The van der Waals surface area contributed by atoms with Gasteiger partial charge in [0, 0.05) is 23.9 Å². The number of benzene rings is 2. The predicted octanol–water partition coefficient (Wildman–Crippen LogP) is 3.16. The molecule has 0 atom stereocenters. The highest BCUT2D eigenvalue weighted by Gasteiger charge is 2.22. The number of pyridine rings is 1. The van der Waals surface area contributed by atoms with Crippen molar-refractivity contribution in [2.24, 2.45) is 5.73 Å². The van der Waals surface area contributed by atoms with Crippen molar-refractivity contribution in [3.05, 3.63) is 94.7 Å². The third-order valence-corrected chi connectivity index (χ3v) is 5.35. The van der Waals surface area contributed by atoms with E-state index in [0.717, 1.165) is 16.7 Å². The Morgan fingerprint density at radius 2 is 1.73 bits per heavy atom. The zero-order chi connectivity index (χ0) is 23.5. The number of anilines is 1. The zero-order valence-corrected chi connectivity index (χ0v) is 18.4. The highest BCUT2D eigenvalue weighted by Crippen LogP contribution is 2.29. The molecule has 8 nitrogen and oxygen atoms in total. The molecule has 2 amide bonds. The highest BCUT2D eigenvalue weighted by molar-refractivity contribution is 6.03. The fraction of sp³-hybridized carbons (Fsp3) is 0.120. The van der Waals surface area contributed by atoms with Gasteiger partial charge in [0.25, 0.3) is 11.8 Å². The van der Waals surface area contributed by atoms with Gasteiger partial charge in [0.15, 0.2) is 5.82 Å². The van der Waals surface area contributed by atoms with E-state index in [2.05, 4.69) is 15.4 Å². The Kier molecular flexibility index (Phi) is 5.91. The summed E-state index contributed by atoms with van der Waals surface area (Å²) >= 11 is 0. The second kappa shape index (κ2) is 8.96. The molecular formula is C25H24N6O2. The lowest BCUT2D eigenvalue weighted by molar-refractivity contribution is 0.0949. The Hall–Kier alpha value is -4.46. The minimum atomic E-state index is -0.671. The Labute approximate surface area is 191 Å². The van der Waals surface area contributed by atoms with Gasteiger partial charge < -0.3 is 16.8 Å². The number of nitrogen functional groups attached to an aromatic ring is 1. The van der Waals surface area contributed by atoms with Gasteiger partial charge in [0.1, 0.15) is 17.1 Å². The van der Waals surface area contributed by atoms with Gasteiger partial charge in [-0.15, -0.1) is 0 Å². The van der Waals surface area contributed by atoms with Crippen LogP contribution in [0, 0.1) is 13.8 Å². The van der Waals surface area contributed by atoms with E-state index in [0.29, 0.717) is 29.2 Å². The van der Waals surface area contributed by atoms with Crippen molar-refractivity contribution in [2.45, 2.75) is 20.4 Å². The fourth-order valence-electron chi connectivity index (χ4n) is 3.52. The van der Waals surface area contributed by atoms with Crippen LogP contribution < -0.4 is 16.8 Å². The summed E-state index contributed by atoms with van der Waals surface area (Å²) in [6.45, 7) is 4.19.